The molecule has 19 heavy (non-hydrogen) atoms. The highest BCUT2D eigenvalue weighted by Gasteiger charge is 2.05. The first-order chi connectivity index (χ1) is 9.24. The number of aromatic nitrogens is 3. The molecule has 3 rings (SSSR count). The van der Waals surface area contributed by atoms with Gasteiger partial charge >= 0.3 is 0 Å². The summed E-state index contributed by atoms with van der Waals surface area (Å²) in [6.07, 6.45) is 5.31. The van der Waals surface area contributed by atoms with Crippen molar-refractivity contribution in [3.8, 4) is 0 Å². The Kier molecular flexibility index (Phi) is 2.72. The van der Waals surface area contributed by atoms with Gasteiger partial charge in [-0.1, -0.05) is 12.1 Å². The van der Waals surface area contributed by atoms with Gasteiger partial charge in [0.1, 0.15) is 5.82 Å². The molecule has 3 N–H and O–H groups in total. The van der Waals surface area contributed by atoms with Crippen LogP contribution in [0.1, 0.15) is 5.56 Å². The van der Waals surface area contributed by atoms with Gasteiger partial charge in [0, 0.05) is 35.2 Å². The monoisotopic (exact) mass is 251 g/mol. The molecule has 2 aromatic heterocycles. The van der Waals surface area contributed by atoms with E-state index in [1.165, 1.54) is 0 Å². The number of nitrogens with one attached hydrogen (secondary N) is 1. The fourth-order valence-electron chi connectivity index (χ4n) is 1.93. The number of fused-ring (bicyclic) bond motifs is 1. The third kappa shape index (κ3) is 2.18. The molecule has 3 aromatic rings. The summed E-state index contributed by atoms with van der Waals surface area (Å²) in [4.78, 5) is 12.3. The molecule has 5 nitrogen and oxygen atoms in total. The van der Waals surface area contributed by atoms with E-state index in [1.54, 1.807) is 12.4 Å². The number of pyridine rings is 1. The summed E-state index contributed by atoms with van der Waals surface area (Å²) in [6, 6.07) is 8.00. The third-order valence-electron chi connectivity index (χ3n) is 2.93. The van der Waals surface area contributed by atoms with Crippen molar-refractivity contribution in [3.63, 3.8) is 0 Å². The van der Waals surface area contributed by atoms with Crippen molar-refractivity contribution in [2.24, 2.45) is 0 Å². The van der Waals surface area contributed by atoms with Crippen molar-refractivity contribution >= 4 is 28.2 Å². The van der Waals surface area contributed by atoms with Crippen molar-refractivity contribution in [1.82, 2.24) is 15.0 Å². The Hall–Kier alpha value is -2.69. The van der Waals surface area contributed by atoms with E-state index in [0.717, 1.165) is 22.0 Å². The minimum absolute atomic E-state index is 0.256. The first kappa shape index (κ1) is 11.4. The zero-order chi connectivity index (χ0) is 13.2. The van der Waals surface area contributed by atoms with E-state index >= 15 is 0 Å². The van der Waals surface area contributed by atoms with Crippen LogP contribution in [0.15, 0.2) is 42.9 Å². The molecule has 0 aliphatic rings. The molecular weight excluding hydrogens is 238 g/mol. The molecule has 0 aliphatic heterocycles. The average molecular weight is 251 g/mol. The number of benzene rings is 1. The number of aryl methyl sites for hydroxylation is 1. The Morgan fingerprint density at radius 3 is 2.95 bits per heavy atom. The molecule has 0 atom stereocenters. The average Bonchev–Trinajstić information content (AvgIpc) is 2.43. The van der Waals surface area contributed by atoms with E-state index in [9.17, 15) is 0 Å². The molecule has 0 unspecified atom stereocenters. The lowest BCUT2D eigenvalue weighted by Crippen LogP contribution is -2.02. The summed E-state index contributed by atoms with van der Waals surface area (Å²) in [7, 11) is 0. The van der Waals surface area contributed by atoms with Crippen molar-refractivity contribution < 1.29 is 0 Å². The number of nitrogens with zero attached hydrogens (tertiary/aromatic N) is 3. The van der Waals surface area contributed by atoms with Gasteiger partial charge in [-0.05, 0) is 24.4 Å². The molecule has 0 bridgehead atoms. The molecule has 0 radical (unpaired) electrons. The van der Waals surface area contributed by atoms with Crippen LogP contribution < -0.4 is 11.1 Å². The van der Waals surface area contributed by atoms with Gasteiger partial charge in [0.05, 0.1) is 0 Å². The number of rotatable bonds is 2. The number of nitrogen functional groups attached to an aromatic ring is 1. The summed E-state index contributed by atoms with van der Waals surface area (Å²) < 4.78 is 0. The number of hydrogen-bond acceptors (Lipinski definition) is 5. The SMILES string of the molecule is Cc1cnc(N)nc1Nc1cccc2ccncc12. The number of nitrogens with two attached hydrogens (primary N) is 1. The van der Waals surface area contributed by atoms with Crippen LogP contribution in [0.4, 0.5) is 17.5 Å². The Morgan fingerprint density at radius 1 is 1.16 bits per heavy atom. The van der Waals surface area contributed by atoms with E-state index in [1.807, 2.05) is 37.4 Å². The minimum Gasteiger partial charge on any atom is -0.368 e. The fourth-order valence-corrected chi connectivity index (χ4v) is 1.93. The lowest BCUT2D eigenvalue weighted by molar-refractivity contribution is 1.15. The van der Waals surface area contributed by atoms with Gasteiger partial charge in [-0.15, -0.1) is 0 Å². The zero-order valence-electron chi connectivity index (χ0n) is 10.5. The lowest BCUT2D eigenvalue weighted by Gasteiger charge is -2.10. The number of anilines is 3. The van der Waals surface area contributed by atoms with Crippen LogP contribution in [-0.4, -0.2) is 15.0 Å². The molecule has 0 saturated heterocycles. The van der Waals surface area contributed by atoms with Gasteiger partial charge in [0.2, 0.25) is 5.95 Å². The van der Waals surface area contributed by atoms with Crippen LogP contribution in [0.2, 0.25) is 0 Å². The Morgan fingerprint density at radius 2 is 2.05 bits per heavy atom. The molecule has 94 valence electrons. The van der Waals surface area contributed by atoms with Crippen molar-refractivity contribution in [2.75, 3.05) is 11.1 Å². The molecule has 0 aliphatic carbocycles. The third-order valence-corrected chi connectivity index (χ3v) is 2.93. The molecule has 0 saturated carbocycles. The van der Waals surface area contributed by atoms with Gasteiger partial charge in [-0.2, -0.15) is 4.98 Å². The van der Waals surface area contributed by atoms with Crippen LogP contribution in [0, 0.1) is 6.92 Å². The van der Waals surface area contributed by atoms with E-state index in [-0.39, 0.29) is 5.95 Å². The Bertz CT molecular complexity index is 733. The summed E-state index contributed by atoms with van der Waals surface area (Å²) in [5.41, 5.74) is 7.51. The van der Waals surface area contributed by atoms with Crippen LogP contribution in [0.25, 0.3) is 10.8 Å². The Balaban J connectivity index is 2.08. The summed E-state index contributed by atoms with van der Waals surface area (Å²) in [5.74, 6) is 0.968. The summed E-state index contributed by atoms with van der Waals surface area (Å²) >= 11 is 0. The van der Waals surface area contributed by atoms with Gasteiger partial charge in [0.25, 0.3) is 0 Å². The molecular formula is C14H13N5. The van der Waals surface area contributed by atoms with E-state index in [2.05, 4.69) is 20.3 Å². The maximum atomic E-state index is 5.62. The fraction of sp³-hybridized carbons (Fsp3) is 0.0714. The summed E-state index contributed by atoms with van der Waals surface area (Å²) in [6.45, 7) is 1.94. The normalized spacial score (nSPS) is 10.6. The highest BCUT2D eigenvalue weighted by Crippen LogP contribution is 2.26. The largest absolute Gasteiger partial charge is 0.368 e. The van der Waals surface area contributed by atoms with E-state index in [4.69, 9.17) is 5.73 Å². The van der Waals surface area contributed by atoms with Crippen LogP contribution in [-0.2, 0) is 0 Å². The standard InChI is InChI=1S/C14H13N5/c1-9-7-17-14(15)19-13(9)18-12-4-2-3-10-5-6-16-8-11(10)12/h2-8H,1H3,(H3,15,17,18,19). The van der Waals surface area contributed by atoms with Crippen molar-refractivity contribution in [2.45, 2.75) is 6.92 Å². The molecule has 2 heterocycles. The lowest BCUT2D eigenvalue weighted by atomic mass is 10.1. The quantitative estimate of drug-likeness (QED) is 0.732. The highest BCUT2D eigenvalue weighted by atomic mass is 15.1. The van der Waals surface area contributed by atoms with E-state index in [0.29, 0.717) is 5.82 Å². The van der Waals surface area contributed by atoms with Crippen LogP contribution in [0.3, 0.4) is 0 Å². The summed E-state index contributed by atoms with van der Waals surface area (Å²) in [5, 5.41) is 5.45. The zero-order valence-corrected chi connectivity index (χ0v) is 10.5. The second-order valence-corrected chi connectivity index (χ2v) is 4.29. The maximum absolute atomic E-state index is 5.62. The maximum Gasteiger partial charge on any atom is 0.221 e. The molecule has 0 amide bonds. The van der Waals surface area contributed by atoms with Crippen LogP contribution >= 0.6 is 0 Å². The molecule has 5 heteroatoms. The van der Waals surface area contributed by atoms with E-state index < -0.39 is 0 Å². The van der Waals surface area contributed by atoms with Gasteiger partial charge in [-0.25, -0.2) is 4.98 Å². The van der Waals surface area contributed by atoms with Crippen molar-refractivity contribution in [3.05, 3.63) is 48.4 Å². The first-order valence-electron chi connectivity index (χ1n) is 5.93. The molecule has 0 fully saturated rings. The predicted molar refractivity (Wildman–Crippen MR) is 76.2 cm³/mol. The second-order valence-electron chi connectivity index (χ2n) is 4.29. The Labute approximate surface area is 110 Å². The van der Waals surface area contributed by atoms with Crippen molar-refractivity contribution in [1.29, 1.82) is 0 Å². The van der Waals surface area contributed by atoms with Gasteiger partial charge in [0.15, 0.2) is 0 Å². The number of hydrogen-bond donors (Lipinski definition) is 2. The molecule has 0 spiro atoms. The minimum atomic E-state index is 0.256. The smallest absolute Gasteiger partial charge is 0.221 e. The highest BCUT2D eigenvalue weighted by molar-refractivity contribution is 5.94. The van der Waals surface area contributed by atoms with Gasteiger partial charge < -0.3 is 11.1 Å². The molecule has 1 aromatic carbocycles. The van der Waals surface area contributed by atoms with Crippen LogP contribution in [0.5, 0.6) is 0 Å². The topological polar surface area (TPSA) is 76.7 Å². The first-order valence-corrected chi connectivity index (χ1v) is 5.93. The predicted octanol–water partition coefficient (Wildman–Crippen LogP) is 2.66. The van der Waals surface area contributed by atoms with Gasteiger partial charge in [-0.3, -0.25) is 4.98 Å². The second kappa shape index (κ2) is 4.53.